The first-order valence-electron chi connectivity index (χ1n) is 8.39. The summed E-state index contributed by atoms with van der Waals surface area (Å²) in [6.07, 6.45) is 4.19. The van der Waals surface area contributed by atoms with E-state index in [-0.39, 0.29) is 6.10 Å². The van der Waals surface area contributed by atoms with Gasteiger partial charge in [-0.3, -0.25) is 0 Å². The van der Waals surface area contributed by atoms with Gasteiger partial charge in [0.05, 0.1) is 12.3 Å². The first-order valence-corrected chi connectivity index (χ1v) is 8.39. The quantitative estimate of drug-likeness (QED) is 0.726. The van der Waals surface area contributed by atoms with E-state index in [2.05, 4.69) is 41.8 Å². The lowest BCUT2D eigenvalue weighted by Crippen LogP contribution is -2.18. The molecule has 0 spiro atoms. The summed E-state index contributed by atoms with van der Waals surface area (Å²) >= 11 is 0. The Kier molecular flexibility index (Phi) is 3.77. The third-order valence-electron chi connectivity index (χ3n) is 4.92. The molecule has 1 aliphatic heterocycles. The smallest absolute Gasteiger partial charge is 0.180 e. The number of rotatable bonds is 3. The lowest BCUT2D eigenvalue weighted by Gasteiger charge is -2.28. The summed E-state index contributed by atoms with van der Waals surface area (Å²) in [6.45, 7) is 4.73. The fourth-order valence-corrected chi connectivity index (χ4v) is 3.52. The molecule has 0 N–H and O–H groups in total. The third-order valence-corrected chi connectivity index (χ3v) is 4.92. The number of nitrogens with zero attached hydrogens (tertiary/aromatic N) is 2. The van der Waals surface area contributed by atoms with Crippen molar-refractivity contribution in [1.29, 1.82) is 0 Å². The predicted molar refractivity (Wildman–Crippen MR) is 93.5 cm³/mol. The largest absolute Gasteiger partial charge is 0.482 e. The molecule has 0 radical (unpaired) electrons. The fourth-order valence-electron chi connectivity index (χ4n) is 3.52. The first kappa shape index (κ1) is 15.2. The highest BCUT2D eigenvalue weighted by molar-refractivity contribution is 5.63. The Balaban J connectivity index is 1.86. The molecule has 0 saturated carbocycles. The van der Waals surface area contributed by atoms with Crippen LogP contribution in [0.3, 0.4) is 0 Å². The Morgan fingerprint density at radius 2 is 2.04 bits per heavy atom. The lowest BCUT2D eigenvalue weighted by atomic mass is 9.95. The number of ether oxygens (including phenoxy) is 2. The van der Waals surface area contributed by atoms with Crippen molar-refractivity contribution in [3.63, 3.8) is 0 Å². The van der Waals surface area contributed by atoms with Crippen molar-refractivity contribution in [3.05, 3.63) is 64.6 Å². The standard InChI is InChI=1S/C20H22N2O2/c1-13-14(2)22-11-16(12-23-3)17-9-10-18(15-7-5-4-6-8-15)24-19(17)20(22)21-13/h4-8,11,18H,9-10,12H2,1-3H3. The molecule has 0 fully saturated rings. The van der Waals surface area contributed by atoms with Crippen LogP contribution in [-0.2, 0) is 17.8 Å². The van der Waals surface area contributed by atoms with E-state index in [9.17, 15) is 0 Å². The van der Waals surface area contributed by atoms with E-state index in [0.717, 1.165) is 35.6 Å². The summed E-state index contributed by atoms with van der Waals surface area (Å²) in [6, 6.07) is 10.4. The molecule has 0 aliphatic carbocycles. The molecular formula is C20H22N2O2. The zero-order valence-electron chi connectivity index (χ0n) is 14.4. The third kappa shape index (κ3) is 2.38. The summed E-state index contributed by atoms with van der Waals surface area (Å²) in [5.74, 6) is 0.917. The second kappa shape index (κ2) is 5.95. The maximum absolute atomic E-state index is 6.45. The molecular weight excluding hydrogens is 300 g/mol. The van der Waals surface area contributed by atoms with Crippen molar-refractivity contribution < 1.29 is 9.47 Å². The van der Waals surface area contributed by atoms with E-state index in [1.54, 1.807) is 7.11 Å². The normalized spacial score (nSPS) is 16.9. The zero-order valence-corrected chi connectivity index (χ0v) is 14.4. The molecule has 2 aromatic heterocycles. The molecule has 4 rings (SSSR count). The van der Waals surface area contributed by atoms with Gasteiger partial charge in [-0.25, -0.2) is 4.98 Å². The molecule has 3 aromatic rings. The van der Waals surface area contributed by atoms with Crippen molar-refractivity contribution in [3.8, 4) is 5.75 Å². The van der Waals surface area contributed by atoms with Gasteiger partial charge in [-0.15, -0.1) is 0 Å². The van der Waals surface area contributed by atoms with E-state index < -0.39 is 0 Å². The number of methoxy groups -OCH3 is 1. The summed E-state index contributed by atoms with van der Waals surface area (Å²) in [5.41, 5.74) is 6.75. The average Bonchev–Trinajstić information content (AvgIpc) is 2.91. The van der Waals surface area contributed by atoms with Crippen LogP contribution in [0, 0.1) is 13.8 Å². The van der Waals surface area contributed by atoms with Gasteiger partial charge >= 0.3 is 0 Å². The highest BCUT2D eigenvalue weighted by atomic mass is 16.5. The summed E-state index contributed by atoms with van der Waals surface area (Å²) in [7, 11) is 1.74. The average molecular weight is 322 g/mol. The molecule has 1 aliphatic rings. The zero-order chi connectivity index (χ0) is 16.7. The molecule has 4 nitrogen and oxygen atoms in total. The molecule has 24 heavy (non-hydrogen) atoms. The Morgan fingerprint density at radius 1 is 1.25 bits per heavy atom. The highest BCUT2D eigenvalue weighted by Gasteiger charge is 2.27. The maximum atomic E-state index is 6.45. The van der Waals surface area contributed by atoms with E-state index in [1.807, 2.05) is 13.0 Å². The Labute approximate surface area is 142 Å². The molecule has 1 unspecified atom stereocenters. The number of imidazole rings is 1. The van der Waals surface area contributed by atoms with Gasteiger partial charge in [-0.1, -0.05) is 30.3 Å². The van der Waals surface area contributed by atoms with Gasteiger partial charge in [0, 0.05) is 30.1 Å². The van der Waals surface area contributed by atoms with Gasteiger partial charge in [-0.05, 0) is 32.3 Å². The summed E-state index contributed by atoms with van der Waals surface area (Å²) in [5, 5.41) is 0. The molecule has 3 heterocycles. The van der Waals surface area contributed by atoms with Gasteiger partial charge in [0.1, 0.15) is 6.10 Å². The minimum absolute atomic E-state index is 0.0811. The molecule has 1 aromatic carbocycles. The summed E-state index contributed by atoms with van der Waals surface area (Å²) in [4.78, 5) is 4.75. The van der Waals surface area contributed by atoms with Crippen molar-refractivity contribution in [2.45, 2.75) is 39.4 Å². The Bertz CT molecular complexity index is 884. The minimum atomic E-state index is 0.0811. The predicted octanol–water partition coefficient (Wildman–Crippen LogP) is 4.16. The van der Waals surface area contributed by atoms with Crippen LogP contribution < -0.4 is 4.74 Å². The molecule has 124 valence electrons. The minimum Gasteiger partial charge on any atom is -0.482 e. The Morgan fingerprint density at radius 3 is 2.79 bits per heavy atom. The number of hydrogen-bond acceptors (Lipinski definition) is 3. The van der Waals surface area contributed by atoms with Crippen LogP contribution >= 0.6 is 0 Å². The van der Waals surface area contributed by atoms with Gasteiger partial charge in [0.25, 0.3) is 0 Å². The number of hydrogen-bond donors (Lipinski definition) is 0. The molecule has 0 saturated heterocycles. The maximum Gasteiger partial charge on any atom is 0.180 e. The van der Waals surface area contributed by atoms with Crippen molar-refractivity contribution in [1.82, 2.24) is 9.38 Å². The number of benzene rings is 1. The van der Waals surface area contributed by atoms with Crippen LogP contribution in [0.15, 0.2) is 36.5 Å². The van der Waals surface area contributed by atoms with Crippen molar-refractivity contribution in [2.24, 2.45) is 0 Å². The number of pyridine rings is 1. The number of aromatic nitrogens is 2. The van der Waals surface area contributed by atoms with E-state index in [0.29, 0.717) is 6.61 Å². The van der Waals surface area contributed by atoms with Crippen LogP contribution in [0.5, 0.6) is 5.75 Å². The van der Waals surface area contributed by atoms with Gasteiger partial charge in [0.2, 0.25) is 0 Å². The molecule has 4 heteroatoms. The fraction of sp³-hybridized carbons (Fsp3) is 0.350. The first-order chi connectivity index (χ1) is 11.7. The Hall–Kier alpha value is -2.33. The number of aryl methyl sites for hydroxylation is 2. The van der Waals surface area contributed by atoms with E-state index in [1.165, 1.54) is 16.7 Å². The van der Waals surface area contributed by atoms with Crippen LogP contribution in [0.1, 0.15) is 40.6 Å². The second-order valence-corrected chi connectivity index (χ2v) is 6.43. The lowest BCUT2D eigenvalue weighted by molar-refractivity contribution is 0.166. The van der Waals surface area contributed by atoms with Crippen LogP contribution in [0.25, 0.3) is 5.65 Å². The topological polar surface area (TPSA) is 35.8 Å². The second-order valence-electron chi connectivity index (χ2n) is 6.43. The van der Waals surface area contributed by atoms with Gasteiger partial charge < -0.3 is 13.9 Å². The van der Waals surface area contributed by atoms with E-state index >= 15 is 0 Å². The highest BCUT2D eigenvalue weighted by Crippen LogP contribution is 2.40. The van der Waals surface area contributed by atoms with Crippen molar-refractivity contribution >= 4 is 5.65 Å². The van der Waals surface area contributed by atoms with Crippen LogP contribution in [0.4, 0.5) is 0 Å². The monoisotopic (exact) mass is 322 g/mol. The van der Waals surface area contributed by atoms with Crippen LogP contribution in [0.2, 0.25) is 0 Å². The van der Waals surface area contributed by atoms with Gasteiger partial charge in [0.15, 0.2) is 11.4 Å². The molecule has 0 bridgehead atoms. The van der Waals surface area contributed by atoms with E-state index in [4.69, 9.17) is 14.5 Å². The van der Waals surface area contributed by atoms with Gasteiger partial charge in [-0.2, -0.15) is 0 Å². The number of fused-ring (bicyclic) bond motifs is 3. The van der Waals surface area contributed by atoms with Crippen LogP contribution in [-0.4, -0.2) is 16.5 Å². The molecule has 0 amide bonds. The molecule has 1 atom stereocenters. The summed E-state index contributed by atoms with van der Waals surface area (Å²) < 4.78 is 14.0. The van der Waals surface area contributed by atoms with Crippen molar-refractivity contribution in [2.75, 3.05) is 7.11 Å². The SMILES string of the molecule is COCc1cn2c(C)c(C)nc2c2c1CCC(c1ccccc1)O2.